The van der Waals surface area contributed by atoms with Gasteiger partial charge in [-0.25, -0.2) is 13.4 Å². The number of piperidine rings is 1. The van der Waals surface area contributed by atoms with Crippen LogP contribution in [0.1, 0.15) is 22.5 Å². The van der Waals surface area contributed by atoms with E-state index in [1.165, 1.54) is 36.4 Å². The van der Waals surface area contributed by atoms with Crippen molar-refractivity contribution < 1.29 is 31.5 Å². The van der Waals surface area contributed by atoms with Gasteiger partial charge in [0.25, 0.3) is 5.91 Å². The molecule has 3 heterocycles. The summed E-state index contributed by atoms with van der Waals surface area (Å²) in [6, 6.07) is 9.67. The van der Waals surface area contributed by atoms with E-state index in [0.717, 1.165) is 16.4 Å². The number of nitrogens with two attached hydrogens (primary N) is 1. The van der Waals surface area contributed by atoms with Crippen LogP contribution in [0.3, 0.4) is 0 Å². The summed E-state index contributed by atoms with van der Waals surface area (Å²) in [6.07, 6.45) is -4.80. The molecule has 0 spiro atoms. The molecule has 0 saturated carbocycles. The van der Waals surface area contributed by atoms with Crippen molar-refractivity contribution in [2.75, 3.05) is 18.4 Å². The number of nitrogens with zero attached hydrogens (tertiary/aromatic N) is 2. The summed E-state index contributed by atoms with van der Waals surface area (Å²) in [6.45, 7) is -0.187. The molecule has 37 heavy (non-hydrogen) atoms. The predicted octanol–water partition coefficient (Wildman–Crippen LogP) is 1.79. The molecule has 1 aliphatic heterocycles. The van der Waals surface area contributed by atoms with Crippen LogP contribution in [-0.2, 0) is 16.2 Å². The zero-order valence-electron chi connectivity index (χ0n) is 19.1. The van der Waals surface area contributed by atoms with E-state index in [1.807, 2.05) is 0 Å². The van der Waals surface area contributed by atoms with Gasteiger partial charge >= 0.3 is 6.18 Å². The molecule has 4 rings (SSSR count). The molecule has 3 aromatic rings. The minimum absolute atomic E-state index is 0.0424. The number of nitrogens with one attached hydrogen (secondary N) is 2. The molecule has 2 atom stereocenters. The number of β-amino-alcohol motifs (C(OH)–C–C–N with tert-alkyl or cyclic N) is 1. The van der Waals surface area contributed by atoms with Crippen LogP contribution in [0.25, 0.3) is 11.1 Å². The van der Waals surface area contributed by atoms with Crippen molar-refractivity contribution in [2.24, 2.45) is 5.73 Å². The number of hydrogen-bond donors (Lipinski definition) is 4. The number of amides is 1. The van der Waals surface area contributed by atoms with Gasteiger partial charge in [-0.15, -0.1) is 0 Å². The van der Waals surface area contributed by atoms with E-state index in [4.69, 9.17) is 5.73 Å². The number of anilines is 1. The zero-order chi connectivity index (χ0) is 27.0. The van der Waals surface area contributed by atoms with Crippen molar-refractivity contribution in [3.8, 4) is 11.1 Å². The summed E-state index contributed by atoms with van der Waals surface area (Å²) in [5, 5.41) is 13.4. The number of primary amides is 1. The second-order valence-corrected chi connectivity index (χ2v) is 10.4. The van der Waals surface area contributed by atoms with Gasteiger partial charge in [0.2, 0.25) is 15.6 Å². The maximum absolute atomic E-state index is 13.1. The molecule has 1 fully saturated rings. The SMILES string of the molecule is NC(=O)c1cc(-c2ccc(S(=O)(=O)N3CC[C@@H](Nc4ccc(C(F)(F)F)cn4)[C@@H](O)C3)cc2)cc(=O)[nH]1. The summed E-state index contributed by atoms with van der Waals surface area (Å²) in [5.74, 6) is -0.688. The number of sulfonamides is 1. The van der Waals surface area contributed by atoms with Crippen molar-refractivity contribution >= 4 is 21.7 Å². The largest absolute Gasteiger partial charge is 0.417 e. The first kappa shape index (κ1) is 26.3. The number of halogens is 3. The highest BCUT2D eigenvalue weighted by Gasteiger charge is 2.35. The molecule has 1 aromatic carbocycles. The van der Waals surface area contributed by atoms with E-state index in [-0.39, 0.29) is 35.9 Å². The van der Waals surface area contributed by atoms with E-state index >= 15 is 0 Å². The second kappa shape index (κ2) is 9.95. The number of pyridine rings is 2. The number of H-pyrrole nitrogens is 1. The van der Waals surface area contributed by atoms with Gasteiger partial charge in [-0.3, -0.25) is 9.59 Å². The number of benzene rings is 1. The molecule has 196 valence electrons. The fourth-order valence-corrected chi connectivity index (χ4v) is 5.41. The van der Waals surface area contributed by atoms with Crippen LogP contribution in [0.2, 0.25) is 0 Å². The van der Waals surface area contributed by atoms with Crippen molar-refractivity contribution in [3.05, 3.63) is 76.3 Å². The molecule has 14 heteroatoms. The standard InChI is InChI=1S/C23H22F3N5O5S/c24-23(25,26)15-3-6-20(28-11-15)29-17-7-8-31(12-19(17)32)37(35,36)16-4-1-13(2-5-16)14-9-18(22(27)34)30-21(33)10-14/h1-6,9-11,17,19,32H,7-8,12H2,(H2,27,34)(H,28,29)(H,30,33)/t17-,19+/m1/s1. The molecular formula is C23H22F3N5O5S. The number of alkyl halides is 3. The average Bonchev–Trinajstić information content (AvgIpc) is 2.84. The van der Waals surface area contributed by atoms with Crippen molar-refractivity contribution in [1.82, 2.24) is 14.3 Å². The summed E-state index contributed by atoms with van der Waals surface area (Å²) in [7, 11) is -3.98. The fourth-order valence-electron chi connectivity index (χ4n) is 3.94. The lowest BCUT2D eigenvalue weighted by Gasteiger charge is -2.35. The van der Waals surface area contributed by atoms with Gasteiger partial charge in [0.15, 0.2) is 0 Å². The number of aliphatic hydroxyl groups is 1. The fraction of sp³-hybridized carbons (Fsp3) is 0.261. The van der Waals surface area contributed by atoms with Crippen LogP contribution >= 0.6 is 0 Å². The molecule has 1 aliphatic rings. The van der Waals surface area contributed by atoms with Gasteiger partial charge in [0.05, 0.1) is 22.6 Å². The number of hydrogen-bond acceptors (Lipinski definition) is 7. The highest BCUT2D eigenvalue weighted by Crippen LogP contribution is 2.30. The van der Waals surface area contributed by atoms with Gasteiger partial charge in [-0.2, -0.15) is 17.5 Å². The van der Waals surface area contributed by atoms with E-state index in [9.17, 15) is 36.3 Å². The van der Waals surface area contributed by atoms with Crippen LogP contribution in [0, 0.1) is 0 Å². The lowest BCUT2D eigenvalue weighted by Crippen LogP contribution is -2.51. The maximum Gasteiger partial charge on any atom is 0.417 e. The van der Waals surface area contributed by atoms with E-state index in [0.29, 0.717) is 17.3 Å². The van der Waals surface area contributed by atoms with Crippen LogP contribution in [0.15, 0.2) is 64.4 Å². The Labute approximate surface area is 209 Å². The van der Waals surface area contributed by atoms with E-state index in [1.54, 1.807) is 0 Å². The number of rotatable bonds is 6. The molecule has 0 bridgehead atoms. The van der Waals surface area contributed by atoms with Crippen molar-refractivity contribution in [2.45, 2.75) is 29.6 Å². The Morgan fingerprint density at radius 3 is 2.41 bits per heavy atom. The smallest absolute Gasteiger partial charge is 0.390 e. The lowest BCUT2D eigenvalue weighted by atomic mass is 10.0. The first-order valence-electron chi connectivity index (χ1n) is 11.0. The molecule has 0 aliphatic carbocycles. The molecule has 0 unspecified atom stereocenters. The highest BCUT2D eigenvalue weighted by molar-refractivity contribution is 7.89. The molecule has 1 saturated heterocycles. The molecule has 10 nitrogen and oxygen atoms in total. The first-order chi connectivity index (χ1) is 17.3. The van der Waals surface area contributed by atoms with Gasteiger partial charge in [0.1, 0.15) is 11.5 Å². The molecular weight excluding hydrogens is 515 g/mol. The second-order valence-electron chi connectivity index (χ2n) is 8.44. The average molecular weight is 538 g/mol. The Balaban J connectivity index is 1.44. The minimum atomic E-state index is -4.52. The summed E-state index contributed by atoms with van der Waals surface area (Å²) < 4.78 is 65.5. The molecule has 2 aromatic heterocycles. The van der Waals surface area contributed by atoms with Gasteiger partial charge in [0, 0.05) is 25.4 Å². The van der Waals surface area contributed by atoms with Crippen LogP contribution in [0.4, 0.5) is 19.0 Å². The van der Waals surface area contributed by atoms with Gasteiger partial charge in [-0.1, -0.05) is 12.1 Å². The number of aromatic amines is 1. The van der Waals surface area contributed by atoms with E-state index < -0.39 is 45.4 Å². The number of carbonyl (C=O) groups is 1. The van der Waals surface area contributed by atoms with Gasteiger partial charge in [-0.05, 0) is 47.9 Å². The number of aromatic nitrogens is 2. The normalized spacial score (nSPS) is 18.9. The lowest BCUT2D eigenvalue weighted by molar-refractivity contribution is -0.137. The van der Waals surface area contributed by atoms with E-state index in [2.05, 4.69) is 15.3 Å². The topological polar surface area (TPSA) is 158 Å². The minimum Gasteiger partial charge on any atom is -0.390 e. The monoisotopic (exact) mass is 537 g/mol. The Kier molecular flexibility index (Phi) is 7.08. The number of aliphatic hydroxyl groups excluding tert-OH is 1. The summed E-state index contributed by atoms with van der Waals surface area (Å²) in [5.41, 5.74) is 4.54. The predicted molar refractivity (Wildman–Crippen MR) is 127 cm³/mol. The Hall–Kier alpha value is -3.75. The maximum atomic E-state index is 13.1. The quantitative estimate of drug-likeness (QED) is 0.373. The highest BCUT2D eigenvalue weighted by atomic mass is 32.2. The third-order valence-corrected chi connectivity index (χ3v) is 7.78. The summed E-state index contributed by atoms with van der Waals surface area (Å²) in [4.78, 5) is 29.2. The zero-order valence-corrected chi connectivity index (χ0v) is 19.9. The van der Waals surface area contributed by atoms with Crippen molar-refractivity contribution in [3.63, 3.8) is 0 Å². The Morgan fingerprint density at radius 1 is 1.14 bits per heavy atom. The Bertz CT molecular complexity index is 1460. The molecule has 1 amide bonds. The van der Waals surface area contributed by atoms with Crippen LogP contribution in [-0.4, -0.2) is 58.9 Å². The van der Waals surface area contributed by atoms with Gasteiger partial charge < -0.3 is 21.1 Å². The summed E-state index contributed by atoms with van der Waals surface area (Å²) >= 11 is 0. The number of carbonyl (C=O) groups excluding carboxylic acids is 1. The molecule has 0 radical (unpaired) electrons. The molecule has 5 N–H and O–H groups in total. The first-order valence-corrected chi connectivity index (χ1v) is 12.4. The van der Waals surface area contributed by atoms with Crippen LogP contribution in [0.5, 0.6) is 0 Å². The Morgan fingerprint density at radius 2 is 1.84 bits per heavy atom. The third kappa shape index (κ3) is 5.81. The third-order valence-electron chi connectivity index (χ3n) is 5.90. The van der Waals surface area contributed by atoms with Crippen molar-refractivity contribution in [1.29, 1.82) is 0 Å². The van der Waals surface area contributed by atoms with Crippen LogP contribution < -0.4 is 16.6 Å².